The SMILES string of the molecule is CCCC(C)(NC(=O)Nc1cc(Br)cc(OC)c1)C(=O)O. The minimum Gasteiger partial charge on any atom is -0.497 e. The van der Waals surface area contributed by atoms with Crippen LogP contribution in [0.3, 0.4) is 0 Å². The molecule has 1 aromatic rings. The Morgan fingerprint density at radius 1 is 1.38 bits per heavy atom. The Labute approximate surface area is 132 Å². The van der Waals surface area contributed by atoms with Crippen LogP contribution < -0.4 is 15.4 Å². The summed E-state index contributed by atoms with van der Waals surface area (Å²) < 4.78 is 5.84. The van der Waals surface area contributed by atoms with Gasteiger partial charge in [-0.2, -0.15) is 0 Å². The van der Waals surface area contributed by atoms with Gasteiger partial charge in [0.25, 0.3) is 0 Å². The van der Waals surface area contributed by atoms with Crippen molar-refractivity contribution in [2.24, 2.45) is 0 Å². The van der Waals surface area contributed by atoms with Crippen molar-refractivity contribution in [1.82, 2.24) is 5.32 Å². The summed E-state index contributed by atoms with van der Waals surface area (Å²) in [5.41, 5.74) is -0.794. The van der Waals surface area contributed by atoms with Crippen LogP contribution >= 0.6 is 15.9 Å². The third-order valence-corrected chi connectivity index (χ3v) is 3.43. The van der Waals surface area contributed by atoms with E-state index in [9.17, 15) is 14.7 Å². The average molecular weight is 359 g/mol. The topological polar surface area (TPSA) is 87.7 Å². The predicted octanol–water partition coefficient (Wildman–Crippen LogP) is 3.22. The average Bonchev–Trinajstić information content (AvgIpc) is 2.37. The van der Waals surface area contributed by atoms with Crippen LogP contribution in [0.4, 0.5) is 10.5 Å². The quantitative estimate of drug-likeness (QED) is 0.728. The van der Waals surface area contributed by atoms with Crippen molar-refractivity contribution in [2.45, 2.75) is 32.2 Å². The Bertz CT molecular complexity index is 536. The van der Waals surface area contributed by atoms with Crippen LogP contribution in [-0.2, 0) is 4.79 Å². The zero-order valence-corrected chi connectivity index (χ0v) is 13.8. The number of nitrogens with one attached hydrogen (secondary N) is 2. The first-order valence-corrected chi connectivity index (χ1v) is 7.27. The molecule has 0 aliphatic rings. The molecular weight excluding hydrogens is 340 g/mol. The van der Waals surface area contributed by atoms with E-state index in [4.69, 9.17) is 4.74 Å². The van der Waals surface area contributed by atoms with Crippen LogP contribution in [0, 0.1) is 0 Å². The van der Waals surface area contributed by atoms with Crippen molar-refractivity contribution in [1.29, 1.82) is 0 Å². The number of ether oxygens (including phenoxy) is 1. The normalized spacial score (nSPS) is 13.1. The molecule has 0 fully saturated rings. The molecule has 1 atom stereocenters. The number of anilines is 1. The number of benzene rings is 1. The molecule has 0 saturated carbocycles. The van der Waals surface area contributed by atoms with Crippen molar-refractivity contribution in [3.05, 3.63) is 22.7 Å². The molecule has 0 heterocycles. The molecule has 0 spiro atoms. The third-order valence-electron chi connectivity index (χ3n) is 2.98. The molecule has 6 nitrogen and oxygen atoms in total. The molecule has 2 amide bonds. The zero-order valence-electron chi connectivity index (χ0n) is 12.2. The number of rotatable bonds is 6. The van der Waals surface area contributed by atoms with Gasteiger partial charge >= 0.3 is 12.0 Å². The van der Waals surface area contributed by atoms with Gasteiger partial charge in [0.2, 0.25) is 0 Å². The highest BCUT2D eigenvalue weighted by molar-refractivity contribution is 9.10. The van der Waals surface area contributed by atoms with Crippen LogP contribution in [0.1, 0.15) is 26.7 Å². The van der Waals surface area contributed by atoms with Gasteiger partial charge in [-0.15, -0.1) is 0 Å². The largest absolute Gasteiger partial charge is 0.497 e. The number of amides is 2. The summed E-state index contributed by atoms with van der Waals surface area (Å²) in [6.45, 7) is 3.35. The van der Waals surface area contributed by atoms with E-state index in [1.165, 1.54) is 14.0 Å². The second-order valence-electron chi connectivity index (χ2n) is 4.85. The fourth-order valence-corrected chi connectivity index (χ4v) is 2.36. The monoisotopic (exact) mass is 358 g/mol. The van der Waals surface area contributed by atoms with Crippen molar-refractivity contribution < 1.29 is 19.4 Å². The summed E-state index contributed by atoms with van der Waals surface area (Å²) in [7, 11) is 1.52. The fourth-order valence-electron chi connectivity index (χ4n) is 1.89. The van der Waals surface area contributed by atoms with Crippen molar-refractivity contribution in [3.63, 3.8) is 0 Å². The van der Waals surface area contributed by atoms with Crippen molar-refractivity contribution in [2.75, 3.05) is 12.4 Å². The minimum atomic E-state index is -1.30. The summed E-state index contributed by atoms with van der Waals surface area (Å²) >= 11 is 3.31. The standard InChI is InChI=1S/C14H19BrN2O4/c1-4-5-14(2,12(18)19)17-13(20)16-10-6-9(15)7-11(8-10)21-3/h6-8H,4-5H2,1-3H3,(H,18,19)(H2,16,17,20). The van der Waals surface area contributed by atoms with Gasteiger partial charge in [-0.25, -0.2) is 9.59 Å². The summed E-state index contributed by atoms with van der Waals surface area (Å²) in [4.78, 5) is 23.3. The van der Waals surface area contributed by atoms with Crippen molar-refractivity contribution in [3.8, 4) is 5.75 Å². The molecule has 0 bridgehead atoms. The maximum Gasteiger partial charge on any atom is 0.329 e. The van der Waals surface area contributed by atoms with Gasteiger partial charge in [-0.3, -0.25) is 0 Å². The van der Waals surface area contributed by atoms with E-state index in [0.717, 1.165) is 4.47 Å². The second-order valence-corrected chi connectivity index (χ2v) is 5.76. The molecule has 1 rings (SSSR count). The predicted molar refractivity (Wildman–Crippen MR) is 83.8 cm³/mol. The van der Waals surface area contributed by atoms with E-state index in [0.29, 0.717) is 24.3 Å². The molecule has 0 aliphatic heterocycles. The first-order chi connectivity index (χ1) is 9.80. The second kappa shape index (κ2) is 7.31. The molecule has 1 aromatic carbocycles. The van der Waals surface area contributed by atoms with Gasteiger partial charge < -0.3 is 20.5 Å². The molecule has 0 aliphatic carbocycles. The van der Waals surface area contributed by atoms with Gasteiger partial charge in [-0.1, -0.05) is 29.3 Å². The molecule has 7 heteroatoms. The van der Waals surface area contributed by atoms with Crippen LogP contribution in [0.25, 0.3) is 0 Å². The number of carboxylic acid groups (broad SMARTS) is 1. The number of carboxylic acids is 1. The van der Waals surface area contributed by atoms with E-state index in [2.05, 4.69) is 26.6 Å². The Kier molecular flexibility index (Phi) is 6.02. The maximum atomic E-state index is 12.0. The third kappa shape index (κ3) is 4.93. The lowest BCUT2D eigenvalue weighted by atomic mass is 9.97. The van der Waals surface area contributed by atoms with Crippen molar-refractivity contribution >= 4 is 33.6 Å². The summed E-state index contributed by atoms with van der Waals surface area (Å²) in [5.74, 6) is -0.486. The number of aliphatic carboxylic acids is 1. The lowest BCUT2D eigenvalue weighted by Crippen LogP contribution is -2.53. The molecular formula is C14H19BrN2O4. The number of hydrogen-bond acceptors (Lipinski definition) is 3. The first-order valence-electron chi connectivity index (χ1n) is 6.48. The van der Waals surface area contributed by atoms with Crippen LogP contribution in [0.15, 0.2) is 22.7 Å². The van der Waals surface area contributed by atoms with Crippen LogP contribution in [-0.4, -0.2) is 29.8 Å². The Morgan fingerprint density at radius 3 is 2.57 bits per heavy atom. The first kappa shape index (κ1) is 17.3. The van der Waals surface area contributed by atoms with Crippen LogP contribution in [0.5, 0.6) is 5.75 Å². The summed E-state index contributed by atoms with van der Waals surface area (Å²) in [6, 6.07) is 4.51. The highest BCUT2D eigenvalue weighted by Gasteiger charge is 2.33. The minimum absolute atomic E-state index is 0.345. The van der Waals surface area contributed by atoms with Gasteiger partial charge in [-0.05, 0) is 25.5 Å². The molecule has 3 N–H and O–H groups in total. The van der Waals surface area contributed by atoms with Gasteiger partial charge in [0.15, 0.2) is 0 Å². The van der Waals surface area contributed by atoms with E-state index >= 15 is 0 Å². The molecule has 116 valence electrons. The molecule has 0 saturated heterocycles. The number of methoxy groups -OCH3 is 1. The number of hydrogen-bond donors (Lipinski definition) is 3. The smallest absolute Gasteiger partial charge is 0.329 e. The number of halogens is 1. The molecule has 21 heavy (non-hydrogen) atoms. The van der Waals surface area contributed by atoms with E-state index in [-0.39, 0.29) is 0 Å². The Morgan fingerprint density at radius 2 is 2.05 bits per heavy atom. The van der Waals surface area contributed by atoms with E-state index in [1.54, 1.807) is 18.2 Å². The lowest BCUT2D eigenvalue weighted by molar-refractivity contribution is -0.143. The highest BCUT2D eigenvalue weighted by atomic mass is 79.9. The van der Waals surface area contributed by atoms with E-state index < -0.39 is 17.5 Å². The number of urea groups is 1. The Balaban J connectivity index is 2.81. The number of carbonyl (C=O) groups is 2. The molecule has 1 unspecified atom stereocenters. The summed E-state index contributed by atoms with van der Waals surface area (Å²) in [5, 5.41) is 14.3. The lowest BCUT2D eigenvalue weighted by Gasteiger charge is -2.25. The number of carbonyl (C=O) groups excluding carboxylic acids is 1. The van der Waals surface area contributed by atoms with E-state index in [1.807, 2.05) is 6.92 Å². The Hall–Kier alpha value is -1.76. The van der Waals surface area contributed by atoms with Gasteiger partial charge in [0.1, 0.15) is 11.3 Å². The summed E-state index contributed by atoms with van der Waals surface area (Å²) in [6.07, 6.45) is 0.991. The molecule has 0 radical (unpaired) electrons. The fraction of sp³-hybridized carbons (Fsp3) is 0.429. The molecule has 0 aromatic heterocycles. The van der Waals surface area contributed by atoms with Crippen LogP contribution in [0.2, 0.25) is 0 Å². The van der Waals surface area contributed by atoms with Gasteiger partial charge in [0.05, 0.1) is 7.11 Å². The zero-order chi connectivity index (χ0) is 16.0. The van der Waals surface area contributed by atoms with Gasteiger partial charge in [0, 0.05) is 16.2 Å². The maximum absolute atomic E-state index is 12.0. The highest BCUT2D eigenvalue weighted by Crippen LogP contribution is 2.24.